The fourth-order valence-corrected chi connectivity index (χ4v) is 4.18. The van der Waals surface area contributed by atoms with Gasteiger partial charge in [0, 0.05) is 0 Å². The molecule has 0 saturated carbocycles. The molecule has 120 valence electrons. The summed E-state index contributed by atoms with van der Waals surface area (Å²) in [5.74, 6) is 0. The van der Waals surface area contributed by atoms with Gasteiger partial charge in [-0.3, -0.25) is 0 Å². The molecule has 1 heteroatoms. The van der Waals surface area contributed by atoms with Crippen molar-refractivity contribution in [3.8, 4) is 0 Å². The largest absolute Gasteiger partial charge is 0.318 e. The quantitative estimate of drug-likeness (QED) is 0.715. The Balaban J connectivity index is 2.60. The van der Waals surface area contributed by atoms with Crippen LogP contribution in [0.1, 0.15) is 64.5 Å². The lowest BCUT2D eigenvalue weighted by molar-refractivity contribution is 0.282. The highest BCUT2D eigenvalue weighted by atomic mass is 14.8. The van der Waals surface area contributed by atoms with E-state index in [2.05, 4.69) is 71.0 Å². The molecule has 1 aliphatic carbocycles. The molecule has 1 aliphatic rings. The number of nitrogens with two attached hydrogens (primary N) is 1. The molecular weight excluding hydrogens is 266 g/mol. The SMILES string of the molecule is C/C=C1\C(CC)(CC)CC=C(c2ccc(C)cc2)C1(N)CC. The van der Waals surface area contributed by atoms with E-state index in [4.69, 9.17) is 5.73 Å². The Bertz CT molecular complexity index is 572. The maximum absolute atomic E-state index is 7.02. The van der Waals surface area contributed by atoms with Gasteiger partial charge in [-0.15, -0.1) is 0 Å². The van der Waals surface area contributed by atoms with Gasteiger partial charge in [-0.25, -0.2) is 0 Å². The average Bonchev–Trinajstić information content (AvgIpc) is 2.55. The molecule has 1 atom stereocenters. The lowest BCUT2D eigenvalue weighted by Crippen LogP contribution is -2.50. The summed E-state index contributed by atoms with van der Waals surface area (Å²) >= 11 is 0. The van der Waals surface area contributed by atoms with Gasteiger partial charge >= 0.3 is 0 Å². The van der Waals surface area contributed by atoms with E-state index in [9.17, 15) is 0 Å². The van der Waals surface area contributed by atoms with Crippen molar-refractivity contribution in [1.82, 2.24) is 0 Å². The van der Waals surface area contributed by atoms with E-state index >= 15 is 0 Å². The van der Waals surface area contributed by atoms with Crippen molar-refractivity contribution in [2.45, 2.75) is 65.8 Å². The van der Waals surface area contributed by atoms with E-state index in [-0.39, 0.29) is 11.0 Å². The maximum atomic E-state index is 7.02. The Morgan fingerprint density at radius 2 is 1.64 bits per heavy atom. The minimum absolute atomic E-state index is 0.230. The van der Waals surface area contributed by atoms with E-state index < -0.39 is 0 Å². The summed E-state index contributed by atoms with van der Waals surface area (Å²) in [4.78, 5) is 0. The van der Waals surface area contributed by atoms with Crippen molar-refractivity contribution in [2.75, 3.05) is 0 Å². The van der Waals surface area contributed by atoms with Gasteiger partial charge in [-0.05, 0) is 61.7 Å². The smallest absolute Gasteiger partial charge is 0.0630 e. The molecule has 1 aromatic carbocycles. The van der Waals surface area contributed by atoms with E-state index in [0.29, 0.717) is 0 Å². The second kappa shape index (κ2) is 6.42. The van der Waals surface area contributed by atoms with Crippen molar-refractivity contribution in [3.63, 3.8) is 0 Å². The molecule has 1 aromatic rings. The third-order valence-corrected chi connectivity index (χ3v) is 5.79. The van der Waals surface area contributed by atoms with Crippen LogP contribution >= 0.6 is 0 Å². The molecule has 2 N–H and O–H groups in total. The average molecular weight is 297 g/mol. The molecule has 0 bridgehead atoms. The Morgan fingerprint density at radius 1 is 1.05 bits per heavy atom. The van der Waals surface area contributed by atoms with Crippen molar-refractivity contribution < 1.29 is 0 Å². The topological polar surface area (TPSA) is 26.0 Å². The first-order valence-corrected chi connectivity index (χ1v) is 8.71. The molecule has 2 rings (SSSR count). The van der Waals surface area contributed by atoms with Crippen molar-refractivity contribution >= 4 is 5.57 Å². The fraction of sp³-hybridized carbons (Fsp3) is 0.524. The monoisotopic (exact) mass is 297 g/mol. The molecule has 0 fully saturated rings. The zero-order valence-corrected chi connectivity index (χ0v) is 14.9. The predicted molar refractivity (Wildman–Crippen MR) is 97.8 cm³/mol. The second-order valence-electron chi connectivity index (χ2n) is 6.70. The molecule has 0 saturated heterocycles. The fourth-order valence-electron chi connectivity index (χ4n) is 4.18. The minimum atomic E-state index is -0.339. The third kappa shape index (κ3) is 2.56. The molecule has 0 aliphatic heterocycles. The number of benzene rings is 1. The highest BCUT2D eigenvalue weighted by Crippen LogP contribution is 2.52. The summed E-state index contributed by atoms with van der Waals surface area (Å²) in [6.45, 7) is 11.1. The molecule has 0 heterocycles. The Morgan fingerprint density at radius 3 is 2.09 bits per heavy atom. The van der Waals surface area contributed by atoms with Crippen molar-refractivity contribution in [3.05, 3.63) is 53.1 Å². The molecule has 22 heavy (non-hydrogen) atoms. The first kappa shape index (κ1) is 17.0. The number of aryl methyl sites for hydroxylation is 1. The summed E-state index contributed by atoms with van der Waals surface area (Å²) in [7, 11) is 0. The van der Waals surface area contributed by atoms with Gasteiger partial charge in [-0.1, -0.05) is 62.8 Å². The van der Waals surface area contributed by atoms with Crippen LogP contribution < -0.4 is 5.73 Å². The van der Waals surface area contributed by atoms with Gasteiger partial charge in [-0.2, -0.15) is 0 Å². The van der Waals surface area contributed by atoms with Crippen molar-refractivity contribution in [1.29, 1.82) is 0 Å². The van der Waals surface area contributed by atoms with Crippen LogP contribution in [0.4, 0.5) is 0 Å². The van der Waals surface area contributed by atoms with Crippen LogP contribution in [-0.4, -0.2) is 5.54 Å². The lowest BCUT2D eigenvalue weighted by atomic mass is 9.58. The van der Waals surface area contributed by atoms with Crippen LogP contribution in [0, 0.1) is 12.3 Å². The normalized spacial score (nSPS) is 26.1. The maximum Gasteiger partial charge on any atom is 0.0630 e. The summed E-state index contributed by atoms with van der Waals surface area (Å²) in [6, 6.07) is 8.80. The van der Waals surface area contributed by atoms with E-state index in [1.165, 1.54) is 22.3 Å². The molecule has 0 radical (unpaired) electrons. The van der Waals surface area contributed by atoms with Gasteiger partial charge in [0.2, 0.25) is 0 Å². The molecule has 0 spiro atoms. The predicted octanol–water partition coefficient (Wildman–Crippen LogP) is 5.64. The van der Waals surface area contributed by atoms with Gasteiger partial charge in [0.25, 0.3) is 0 Å². The number of allylic oxidation sites excluding steroid dienone is 2. The second-order valence-corrected chi connectivity index (χ2v) is 6.70. The first-order chi connectivity index (χ1) is 10.5. The molecule has 0 amide bonds. The molecular formula is C21H31N. The summed E-state index contributed by atoms with van der Waals surface area (Å²) in [6.07, 6.45) is 9.04. The highest BCUT2D eigenvalue weighted by Gasteiger charge is 2.45. The number of hydrogen-bond donors (Lipinski definition) is 1. The summed E-state index contributed by atoms with van der Waals surface area (Å²) < 4.78 is 0. The van der Waals surface area contributed by atoms with Crippen LogP contribution in [0.25, 0.3) is 5.57 Å². The zero-order valence-electron chi connectivity index (χ0n) is 14.9. The molecule has 1 nitrogen and oxygen atoms in total. The van der Waals surface area contributed by atoms with E-state index in [1.807, 2.05) is 0 Å². The summed E-state index contributed by atoms with van der Waals surface area (Å²) in [5.41, 5.74) is 12.2. The van der Waals surface area contributed by atoms with Crippen LogP contribution in [-0.2, 0) is 0 Å². The number of hydrogen-bond acceptors (Lipinski definition) is 1. The van der Waals surface area contributed by atoms with E-state index in [1.54, 1.807) is 0 Å². The number of rotatable bonds is 4. The van der Waals surface area contributed by atoms with Crippen LogP contribution in [0.5, 0.6) is 0 Å². The van der Waals surface area contributed by atoms with Crippen LogP contribution in [0.15, 0.2) is 42.0 Å². The summed E-state index contributed by atoms with van der Waals surface area (Å²) in [5, 5.41) is 0. The molecule has 1 unspecified atom stereocenters. The van der Waals surface area contributed by atoms with E-state index in [0.717, 1.165) is 25.7 Å². The van der Waals surface area contributed by atoms with Crippen molar-refractivity contribution in [2.24, 2.45) is 11.1 Å². The van der Waals surface area contributed by atoms with Gasteiger partial charge in [0.1, 0.15) is 0 Å². The van der Waals surface area contributed by atoms with Gasteiger partial charge in [0.15, 0.2) is 0 Å². The Hall–Kier alpha value is -1.34. The minimum Gasteiger partial charge on any atom is -0.318 e. The van der Waals surface area contributed by atoms with Crippen LogP contribution in [0.2, 0.25) is 0 Å². The van der Waals surface area contributed by atoms with Gasteiger partial charge < -0.3 is 5.73 Å². The zero-order chi connectivity index (χ0) is 16.4. The van der Waals surface area contributed by atoms with Crippen LogP contribution in [0.3, 0.4) is 0 Å². The Labute approximate surface area is 136 Å². The third-order valence-electron chi connectivity index (χ3n) is 5.79. The lowest BCUT2D eigenvalue weighted by Gasteiger charge is -2.49. The highest BCUT2D eigenvalue weighted by molar-refractivity contribution is 5.79. The standard InChI is InChI=1S/C21H31N/c1-6-19-20(7-2,8-3)15-14-18(21(19,22)9-4)17-12-10-16(5)11-13-17/h6,10-14H,7-9,15,22H2,1-5H3/b19-6+. The van der Waals surface area contributed by atoms with Gasteiger partial charge in [0.05, 0.1) is 5.54 Å². The Kier molecular flexibility index (Phi) is 4.97. The molecule has 0 aromatic heterocycles. The first-order valence-electron chi connectivity index (χ1n) is 8.71.